The first-order valence-electron chi connectivity index (χ1n) is 5.80. The summed E-state index contributed by atoms with van der Waals surface area (Å²) in [6.45, 7) is 6.01. The molecule has 0 saturated heterocycles. The maximum Gasteiger partial charge on any atom is 0.255 e. The molecule has 0 aliphatic heterocycles. The van der Waals surface area contributed by atoms with Gasteiger partial charge in [0.15, 0.2) is 0 Å². The van der Waals surface area contributed by atoms with Crippen LogP contribution < -0.4 is 5.32 Å². The van der Waals surface area contributed by atoms with Crippen LogP contribution in [0.5, 0.6) is 0 Å². The number of hydrogen-bond donors (Lipinski definition) is 1. The molecule has 1 amide bonds. The Kier molecular flexibility index (Phi) is 5.59. The summed E-state index contributed by atoms with van der Waals surface area (Å²) in [6, 6.07) is 3.18. The average molecular weight is 265 g/mol. The minimum absolute atomic E-state index is 0.172. The molecule has 0 saturated carbocycles. The first-order chi connectivity index (χ1) is 8.52. The van der Waals surface area contributed by atoms with Gasteiger partial charge in [0.25, 0.3) is 5.91 Å². The van der Waals surface area contributed by atoms with Crippen LogP contribution in [0.4, 0.5) is 0 Å². The van der Waals surface area contributed by atoms with E-state index in [0.29, 0.717) is 10.7 Å². The lowest BCUT2D eigenvalue weighted by atomic mass is 10.2. The summed E-state index contributed by atoms with van der Waals surface area (Å²) < 4.78 is 0. The van der Waals surface area contributed by atoms with E-state index in [2.05, 4.69) is 10.3 Å². The van der Waals surface area contributed by atoms with E-state index in [-0.39, 0.29) is 5.91 Å². The number of carbonyl (C=O) groups excluding carboxylic acids is 1. The van der Waals surface area contributed by atoms with Gasteiger partial charge in [0.2, 0.25) is 0 Å². The zero-order valence-electron chi connectivity index (χ0n) is 10.8. The Hall–Kier alpha value is -1.61. The summed E-state index contributed by atoms with van der Waals surface area (Å²) >= 11 is 5.75. The van der Waals surface area contributed by atoms with Crippen molar-refractivity contribution < 1.29 is 4.79 Å². The van der Waals surface area contributed by atoms with Gasteiger partial charge in [-0.25, -0.2) is 4.98 Å². The van der Waals surface area contributed by atoms with Crippen molar-refractivity contribution in [3.8, 4) is 0 Å². The van der Waals surface area contributed by atoms with E-state index < -0.39 is 0 Å². The van der Waals surface area contributed by atoms with Crippen molar-refractivity contribution in [1.29, 1.82) is 0 Å². The Labute approximate surface area is 113 Å². The van der Waals surface area contributed by atoms with E-state index in [4.69, 9.17) is 11.6 Å². The van der Waals surface area contributed by atoms with E-state index in [1.807, 2.05) is 32.9 Å². The van der Waals surface area contributed by atoms with Crippen molar-refractivity contribution in [3.63, 3.8) is 0 Å². The molecule has 1 aromatic heterocycles. The average Bonchev–Trinajstić information content (AvgIpc) is 2.34. The normalized spacial score (nSPS) is 11.0. The third kappa shape index (κ3) is 4.72. The van der Waals surface area contributed by atoms with Crippen LogP contribution in [-0.2, 0) is 0 Å². The number of amides is 1. The number of carbonyl (C=O) groups is 1. The third-order valence-corrected chi connectivity index (χ3v) is 2.47. The van der Waals surface area contributed by atoms with Gasteiger partial charge in [-0.1, -0.05) is 30.2 Å². The van der Waals surface area contributed by atoms with Gasteiger partial charge in [-0.15, -0.1) is 0 Å². The fraction of sp³-hybridized carbons (Fsp3) is 0.286. The van der Waals surface area contributed by atoms with Gasteiger partial charge >= 0.3 is 0 Å². The molecule has 0 aromatic carbocycles. The summed E-state index contributed by atoms with van der Waals surface area (Å²) in [6.07, 6.45) is 6.16. The highest BCUT2D eigenvalue weighted by Crippen LogP contribution is 2.08. The monoisotopic (exact) mass is 264 g/mol. The fourth-order valence-electron chi connectivity index (χ4n) is 1.28. The van der Waals surface area contributed by atoms with Crippen LogP contribution >= 0.6 is 11.6 Å². The van der Waals surface area contributed by atoms with Crippen LogP contribution in [0.2, 0.25) is 5.15 Å². The van der Waals surface area contributed by atoms with E-state index in [0.717, 1.165) is 12.1 Å². The fourth-order valence-corrected chi connectivity index (χ4v) is 1.45. The molecule has 1 rings (SSSR count). The quantitative estimate of drug-likeness (QED) is 0.665. The molecule has 0 unspecified atom stereocenters. The second kappa shape index (κ2) is 6.97. The number of pyridine rings is 1. The molecular weight excluding hydrogens is 248 g/mol. The SMILES string of the molecule is CC/C(=C\C=C(C)C)NC(=O)c1ccnc(Cl)c1. The predicted octanol–water partition coefficient (Wildman–Crippen LogP) is 3.72. The summed E-state index contributed by atoms with van der Waals surface area (Å²) in [5, 5.41) is 3.17. The van der Waals surface area contributed by atoms with Crippen LogP contribution in [0.3, 0.4) is 0 Å². The topological polar surface area (TPSA) is 42.0 Å². The van der Waals surface area contributed by atoms with Crippen LogP contribution in [0.1, 0.15) is 37.6 Å². The van der Waals surface area contributed by atoms with Crippen LogP contribution in [0.15, 0.2) is 41.8 Å². The van der Waals surface area contributed by atoms with E-state index in [1.54, 1.807) is 12.1 Å². The zero-order chi connectivity index (χ0) is 13.5. The van der Waals surface area contributed by atoms with Gasteiger partial charge in [0, 0.05) is 17.5 Å². The number of nitrogens with zero attached hydrogens (tertiary/aromatic N) is 1. The molecule has 1 heterocycles. The molecule has 18 heavy (non-hydrogen) atoms. The van der Waals surface area contributed by atoms with Gasteiger partial charge in [-0.3, -0.25) is 4.79 Å². The van der Waals surface area contributed by atoms with Gasteiger partial charge in [-0.2, -0.15) is 0 Å². The van der Waals surface area contributed by atoms with E-state index in [1.165, 1.54) is 11.8 Å². The number of halogens is 1. The van der Waals surface area contributed by atoms with Crippen molar-refractivity contribution in [2.45, 2.75) is 27.2 Å². The predicted molar refractivity (Wildman–Crippen MR) is 74.5 cm³/mol. The third-order valence-electron chi connectivity index (χ3n) is 2.26. The van der Waals surface area contributed by atoms with Crippen molar-refractivity contribution in [2.75, 3.05) is 0 Å². The number of allylic oxidation sites excluding steroid dienone is 4. The molecule has 0 spiro atoms. The molecular formula is C14H17ClN2O. The zero-order valence-corrected chi connectivity index (χ0v) is 11.6. The molecule has 3 nitrogen and oxygen atoms in total. The van der Waals surface area contributed by atoms with Gasteiger partial charge < -0.3 is 5.32 Å². The van der Waals surface area contributed by atoms with Gasteiger partial charge in [0.05, 0.1) is 0 Å². The Balaban J connectivity index is 2.80. The number of nitrogens with one attached hydrogen (secondary N) is 1. The molecule has 1 aromatic rings. The van der Waals surface area contributed by atoms with Crippen molar-refractivity contribution >= 4 is 17.5 Å². The maximum atomic E-state index is 12.0. The lowest BCUT2D eigenvalue weighted by Crippen LogP contribution is -2.22. The molecule has 0 atom stereocenters. The molecule has 0 aliphatic rings. The van der Waals surface area contributed by atoms with Crippen molar-refractivity contribution in [3.05, 3.63) is 52.5 Å². The Bertz CT molecular complexity index is 488. The highest BCUT2D eigenvalue weighted by molar-refractivity contribution is 6.29. The molecule has 0 bridgehead atoms. The van der Waals surface area contributed by atoms with Gasteiger partial charge in [-0.05, 0) is 38.5 Å². The summed E-state index contributed by atoms with van der Waals surface area (Å²) in [5.41, 5.74) is 2.56. The summed E-state index contributed by atoms with van der Waals surface area (Å²) in [4.78, 5) is 15.8. The molecule has 0 radical (unpaired) electrons. The minimum atomic E-state index is -0.172. The Morgan fingerprint density at radius 2 is 2.17 bits per heavy atom. The lowest BCUT2D eigenvalue weighted by molar-refractivity contribution is 0.0964. The van der Waals surface area contributed by atoms with Crippen molar-refractivity contribution in [1.82, 2.24) is 10.3 Å². The minimum Gasteiger partial charge on any atom is -0.326 e. The first kappa shape index (κ1) is 14.5. The summed E-state index contributed by atoms with van der Waals surface area (Å²) in [5.74, 6) is -0.172. The first-order valence-corrected chi connectivity index (χ1v) is 6.17. The van der Waals surface area contributed by atoms with Crippen LogP contribution in [0.25, 0.3) is 0 Å². The molecule has 0 aliphatic carbocycles. The largest absolute Gasteiger partial charge is 0.326 e. The molecule has 1 N–H and O–H groups in total. The molecule has 4 heteroatoms. The maximum absolute atomic E-state index is 12.0. The number of hydrogen-bond acceptors (Lipinski definition) is 2. The molecule has 0 fully saturated rings. The molecule has 96 valence electrons. The van der Waals surface area contributed by atoms with Crippen LogP contribution in [-0.4, -0.2) is 10.9 Å². The highest BCUT2D eigenvalue weighted by atomic mass is 35.5. The smallest absolute Gasteiger partial charge is 0.255 e. The van der Waals surface area contributed by atoms with E-state index in [9.17, 15) is 4.79 Å². The standard InChI is InChI=1S/C14H17ClN2O/c1-4-12(6-5-10(2)3)17-14(18)11-7-8-16-13(15)9-11/h5-9H,4H2,1-3H3,(H,17,18)/b12-6+. The summed E-state index contributed by atoms with van der Waals surface area (Å²) in [7, 11) is 0. The van der Waals surface area contributed by atoms with E-state index >= 15 is 0 Å². The Morgan fingerprint density at radius 1 is 1.44 bits per heavy atom. The van der Waals surface area contributed by atoms with Crippen LogP contribution in [0, 0.1) is 0 Å². The van der Waals surface area contributed by atoms with Gasteiger partial charge in [0.1, 0.15) is 5.15 Å². The second-order valence-electron chi connectivity index (χ2n) is 4.11. The number of rotatable bonds is 4. The van der Waals surface area contributed by atoms with Crippen molar-refractivity contribution in [2.24, 2.45) is 0 Å². The lowest BCUT2D eigenvalue weighted by Gasteiger charge is -2.07. The Morgan fingerprint density at radius 3 is 2.72 bits per heavy atom. The number of aromatic nitrogens is 1. The second-order valence-corrected chi connectivity index (χ2v) is 4.50. The highest BCUT2D eigenvalue weighted by Gasteiger charge is 2.07.